The Kier molecular flexibility index (Phi) is 5.11. The Hall–Kier alpha value is -0.860. The van der Waals surface area contributed by atoms with Gasteiger partial charge in [0.1, 0.15) is 0 Å². The van der Waals surface area contributed by atoms with E-state index in [9.17, 15) is 8.42 Å². The molecule has 0 bridgehead atoms. The molecule has 1 heterocycles. The number of aromatic nitrogens is 3. The lowest BCUT2D eigenvalue weighted by molar-refractivity contribution is 0.185. The van der Waals surface area contributed by atoms with Crippen LogP contribution in [0.2, 0.25) is 10.0 Å². The standard InChI is InChI=1S/C11H10Cl3N3O3S/c1-20-5-4-17-10(15-16-11(17)21(14,18)19)8-6-7(12)2-3-9(8)13/h2-3,6H,4-5H2,1H3. The zero-order chi connectivity index (χ0) is 15.6. The fourth-order valence-corrected chi connectivity index (χ4v) is 3.02. The molecule has 0 saturated carbocycles. The van der Waals surface area contributed by atoms with Crippen molar-refractivity contribution in [3.63, 3.8) is 0 Å². The fraction of sp³-hybridized carbons (Fsp3) is 0.273. The summed E-state index contributed by atoms with van der Waals surface area (Å²) in [5, 5.41) is 7.91. The monoisotopic (exact) mass is 369 g/mol. The number of rotatable bonds is 5. The van der Waals surface area contributed by atoms with Gasteiger partial charge in [0.05, 0.1) is 18.2 Å². The van der Waals surface area contributed by atoms with E-state index in [2.05, 4.69) is 10.2 Å². The molecule has 0 atom stereocenters. The molecule has 0 fully saturated rings. The molecule has 0 N–H and O–H groups in total. The molecule has 0 unspecified atom stereocenters. The molecule has 1 aromatic heterocycles. The first-order valence-electron chi connectivity index (χ1n) is 5.67. The van der Waals surface area contributed by atoms with E-state index in [1.165, 1.54) is 11.7 Å². The van der Waals surface area contributed by atoms with Crippen LogP contribution in [0.1, 0.15) is 0 Å². The van der Waals surface area contributed by atoms with Crippen molar-refractivity contribution >= 4 is 42.9 Å². The maximum atomic E-state index is 11.6. The lowest BCUT2D eigenvalue weighted by Gasteiger charge is -2.09. The van der Waals surface area contributed by atoms with E-state index < -0.39 is 9.05 Å². The smallest absolute Gasteiger partial charge is 0.296 e. The number of halogens is 3. The number of nitrogens with zero attached hydrogens (tertiary/aromatic N) is 3. The fourth-order valence-electron chi connectivity index (χ4n) is 1.72. The highest BCUT2D eigenvalue weighted by Crippen LogP contribution is 2.31. The predicted octanol–water partition coefficient (Wildman–Crippen LogP) is 2.83. The minimum atomic E-state index is -4.04. The van der Waals surface area contributed by atoms with Crippen LogP contribution in [-0.4, -0.2) is 36.9 Å². The van der Waals surface area contributed by atoms with Gasteiger partial charge in [0.25, 0.3) is 14.2 Å². The van der Waals surface area contributed by atoms with Crippen LogP contribution in [0.25, 0.3) is 11.4 Å². The van der Waals surface area contributed by atoms with E-state index in [1.54, 1.807) is 18.2 Å². The molecule has 0 spiro atoms. The Morgan fingerprint density at radius 2 is 2.00 bits per heavy atom. The number of benzene rings is 1. The van der Waals surface area contributed by atoms with Crippen molar-refractivity contribution < 1.29 is 13.2 Å². The summed E-state index contributed by atoms with van der Waals surface area (Å²) in [7, 11) is 2.81. The zero-order valence-electron chi connectivity index (χ0n) is 10.8. The highest BCUT2D eigenvalue weighted by atomic mass is 35.7. The van der Waals surface area contributed by atoms with Crippen molar-refractivity contribution in [3.8, 4) is 11.4 Å². The number of methoxy groups -OCH3 is 1. The Bertz CT molecular complexity index is 761. The minimum Gasteiger partial charge on any atom is -0.383 e. The van der Waals surface area contributed by atoms with Gasteiger partial charge in [0, 0.05) is 28.4 Å². The first-order valence-corrected chi connectivity index (χ1v) is 8.73. The van der Waals surface area contributed by atoms with Crippen LogP contribution in [0, 0.1) is 0 Å². The summed E-state index contributed by atoms with van der Waals surface area (Å²) in [6, 6.07) is 4.77. The number of ether oxygens (including phenoxy) is 1. The summed E-state index contributed by atoms with van der Waals surface area (Å²) in [6.45, 7) is 0.450. The largest absolute Gasteiger partial charge is 0.383 e. The van der Waals surface area contributed by atoms with E-state index in [0.29, 0.717) is 15.6 Å². The first kappa shape index (κ1) is 16.5. The lowest BCUT2D eigenvalue weighted by atomic mass is 10.2. The maximum Gasteiger partial charge on any atom is 0.296 e. The second-order valence-electron chi connectivity index (χ2n) is 4.01. The molecule has 0 aliphatic rings. The van der Waals surface area contributed by atoms with Crippen LogP contribution in [0.5, 0.6) is 0 Å². The topological polar surface area (TPSA) is 74.1 Å². The van der Waals surface area contributed by atoms with Crippen LogP contribution in [0.15, 0.2) is 23.4 Å². The Balaban J connectivity index is 2.63. The molecule has 0 amide bonds. The Morgan fingerprint density at radius 3 is 2.62 bits per heavy atom. The van der Waals surface area contributed by atoms with Gasteiger partial charge in [-0.1, -0.05) is 23.2 Å². The second-order valence-corrected chi connectivity index (χ2v) is 7.32. The van der Waals surface area contributed by atoms with Gasteiger partial charge in [-0.25, -0.2) is 8.42 Å². The molecule has 0 saturated heterocycles. The van der Waals surface area contributed by atoms with E-state index in [0.717, 1.165) is 0 Å². The summed E-state index contributed by atoms with van der Waals surface area (Å²) in [5.74, 6) is 0.249. The average Bonchev–Trinajstić information content (AvgIpc) is 2.82. The van der Waals surface area contributed by atoms with Gasteiger partial charge in [-0.3, -0.25) is 4.57 Å². The number of hydrogen-bond acceptors (Lipinski definition) is 5. The van der Waals surface area contributed by atoms with E-state index in [4.69, 9.17) is 38.6 Å². The van der Waals surface area contributed by atoms with Crippen molar-refractivity contribution in [1.82, 2.24) is 14.8 Å². The van der Waals surface area contributed by atoms with Crippen LogP contribution in [0.4, 0.5) is 0 Å². The SMILES string of the molecule is COCCn1c(-c2cc(Cl)ccc2Cl)nnc1S(=O)(=O)Cl. The summed E-state index contributed by atoms with van der Waals surface area (Å²) >= 11 is 12.0. The highest BCUT2D eigenvalue weighted by Gasteiger charge is 2.24. The lowest BCUT2D eigenvalue weighted by Crippen LogP contribution is -2.11. The van der Waals surface area contributed by atoms with Crippen LogP contribution in [0.3, 0.4) is 0 Å². The molecule has 1 aromatic carbocycles. The first-order chi connectivity index (χ1) is 9.84. The molecule has 2 rings (SSSR count). The Morgan fingerprint density at radius 1 is 1.29 bits per heavy atom. The molecule has 2 aromatic rings. The van der Waals surface area contributed by atoms with Crippen molar-refractivity contribution in [2.75, 3.05) is 13.7 Å². The van der Waals surface area contributed by atoms with Gasteiger partial charge < -0.3 is 4.74 Å². The van der Waals surface area contributed by atoms with Crippen LogP contribution < -0.4 is 0 Å². The molecular weight excluding hydrogens is 361 g/mol. The van der Waals surface area contributed by atoms with Crippen LogP contribution >= 0.6 is 33.9 Å². The molecular formula is C11H10Cl3N3O3S. The molecule has 21 heavy (non-hydrogen) atoms. The third-order valence-electron chi connectivity index (χ3n) is 2.62. The normalized spacial score (nSPS) is 11.8. The van der Waals surface area contributed by atoms with Gasteiger partial charge >= 0.3 is 0 Å². The van der Waals surface area contributed by atoms with Gasteiger partial charge in [0.2, 0.25) is 0 Å². The molecule has 114 valence electrons. The molecule has 0 aliphatic carbocycles. The highest BCUT2D eigenvalue weighted by molar-refractivity contribution is 8.13. The molecule has 0 radical (unpaired) electrons. The maximum absolute atomic E-state index is 11.6. The summed E-state index contributed by atoms with van der Waals surface area (Å²) in [4.78, 5) is 0. The third-order valence-corrected chi connectivity index (χ3v) is 4.34. The van der Waals surface area contributed by atoms with Crippen molar-refractivity contribution in [2.45, 2.75) is 11.7 Å². The van der Waals surface area contributed by atoms with Gasteiger partial charge in [-0.05, 0) is 18.2 Å². The second kappa shape index (κ2) is 6.50. The van der Waals surface area contributed by atoms with Gasteiger partial charge in [0.15, 0.2) is 5.82 Å². The van der Waals surface area contributed by atoms with Crippen LogP contribution in [-0.2, 0) is 20.3 Å². The number of hydrogen-bond donors (Lipinski definition) is 0. The van der Waals surface area contributed by atoms with E-state index >= 15 is 0 Å². The molecule has 0 aliphatic heterocycles. The quantitative estimate of drug-likeness (QED) is 0.757. The minimum absolute atomic E-state index is 0.197. The third kappa shape index (κ3) is 3.67. The predicted molar refractivity (Wildman–Crippen MR) is 80.4 cm³/mol. The molecule has 6 nitrogen and oxygen atoms in total. The zero-order valence-corrected chi connectivity index (χ0v) is 13.8. The van der Waals surface area contributed by atoms with E-state index in [1.807, 2.05) is 0 Å². The van der Waals surface area contributed by atoms with Crippen molar-refractivity contribution in [2.24, 2.45) is 0 Å². The van der Waals surface area contributed by atoms with Gasteiger partial charge in [-0.15, -0.1) is 10.2 Å². The van der Waals surface area contributed by atoms with Gasteiger partial charge in [-0.2, -0.15) is 0 Å². The Labute approximate surface area is 136 Å². The average molecular weight is 371 g/mol. The van der Waals surface area contributed by atoms with Crippen molar-refractivity contribution in [1.29, 1.82) is 0 Å². The van der Waals surface area contributed by atoms with Crippen molar-refractivity contribution in [3.05, 3.63) is 28.2 Å². The molecule has 10 heteroatoms. The summed E-state index contributed by atoms with van der Waals surface area (Å²) in [5.41, 5.74) is 0.458. The summed E-state index contributed by atoms with van der Waals surface area (Å²) < 4.78 is 29.4. The summed E-state index contributed by atoms with van der Waals surface area (Å²) in [6.07, 6.45) is 0. The van der Waals surface area contributed by atoms with E-state index in [-0.39, 0.29) is 24.1 Å².